The highest BCUT2D eigenvalue weighted by Crippen LogP contribution is 2.75. The largest absolute Gasteiger partial charge is 0.463 e. The maximum absolute atomic E-state index is 13.5. The molecule has 2 bridgehead atoms. The Balaban J connectivity index is 1.38. The Morgan fingerprint density at radius 3 is 2.40 bits per heavy atom. The van der Waals surface area contributed by atoms with Gasteiger partial charge < -0.3 is 33.2 Å². The van der Waals surface area contributed by atoms with Crippen LogP contribution in [-0.2, 0) is 52.3 Å². The van der Waals surface area contributed by atoms with Crippen molar-refractivity contribution in [3.63, 3.8) is 0 Å². The molecule has 218 valence electrons. The van der Waals surface area contributed by atoms with Gasteiger partial charge in [0.1, 0.15) is 24.4 Å². The quantitative estimate of drug-likeness (QED) is 0.264. The van der Waals surface area contributed by atoms with Crippen LogP contribution in [0.15, 0.2) is 24.3 Å². The number of hydrogen-bond acceptors (Lipinski definition) is 11. The normalized spacial score (nSPS) is 49.6. The van der Waals surface area contributed by atoms with Crippen molar-refractivity contribution in [2.75, 3.05) is 19.8 Å². The Bertz CT molecular complexity index is 1170. The van der Waals surface area contributed by atoms with Gasteiger partial charge in [-0.3, -0.25) is 4.79 Å². The zero-order chi connectivity index (χ0) is 28.5. The molecule has 0 aromatic carbocycles. The van der Waals surface area contributed by atoms with Crippen molar-refractivity contribution in [2.45, 2.75) is 95.1 Å². The second-order valence-electron chi connectivity index (χ2n) is 12.4. The minimum atomic E-state index is -1.19. The SMILES string of the molecule is CC(=O)O[C@H]1C(=O)OC[C@@]23CC[C@@]4(C)O[C@@H]4[C@@H]2O[C@@H]2C[C@@H](OC(=O)/C=C\C=C\C(=O)OCC[C@H]1C)[C@]3(C)[C@@]21CO1. The van der Waals surface area contributed by atoms with Gasteiger partial charge in [-0.15, -0.1) is 0 Å². The van der Waals surface area contributed by atoms with Crippen molar-refractivity contribution >= 4 is 23.9 Å². The van der Waals surface area contributed by atoms with Crippen molar-refractivity contribution in [2.24, 2.45) is 16.7 Å². The minimum Gasteiger partial charge on any atom is -0.463 e. The Hall–Kier alpha value is -2.76. The van der Waals surface area contributed by atoms with Crippen LogP contribution < -0.4 is 0 Å². The number of rotatable bonds is 1. The van der Waals surface area contributed by atoms with Crippen molar-refractivity contribution in [1.82, 2.24) is 0 Å². The standard InChI is InChI=1S/C29H36O11/c1-16-9-12-34-20(31)7-5-6-8-21(32)38-18-13-19-29(15-36-29)27(18,4)28(14-35-25(33)22(16)37-17(2)30)11-10-26(3)23(40-26)24(28)39-19/h5-8,16,18-19,22-24H,9-15H2,1-4H3/b7-5+,8-6-/t16-,18-,19-,22-,23-,24+,26-,27+,28+,29-/m1/s1. The Labute approximate surface area is 232 Å². The molecule has 2 saturated carbocycles. The lowest BCUT2D eigenvalue weighted by Gasteiger charge is -2.58. The smallest absolute Gasteiger partial charge is 0.347 e. The highest BCUT2D eigenvalue weighted by atomic mass is 16.7. The summed E-state index contributed by atoms with van der Waals surface area (Å²) in [6, 6.07) is 0. The molecule has 0 aromatic heterocycles. The molecule has 0 N–H and O–H groups in total. The van der Waals surface area contributed by atoms with E-state index in [2.05, 4.69) is 13.8 Å². The third kappa shape index (κ3) is 4.03. The molecule has 40 heavy (non-hydrogen) atoms. The van der Waals surface area contributed by atoms with Crippen molar-refractivity contribution < 1.29 is 52.3 Å². The number of hydrogen-bond donors (Lipinski definition) is 0. The molecular weight excluding hydrogens is 524 g/mol. The number of epoxide rings is 2. The summed E-state index contributed by atoms with van der Waals surface area (Å²) in [6.45, 7) is 7.47. The summed E-state index contributed by atoms with van der Waals surface area (Å²) in [5.74, 6) is -2.98. The molecule has 0 unspecified atom stereocenters. The van der Waals surface area contributed by atoms with E-state index >= 15 is 0 Å². The third-order valence-electron chi connectivity index (χ3n) is 10.3. The highest BCUT2D eigenvalue weighted by Gasteiger charge is 2.86. The number of allylic oxidation sites excluding steroid dienone is 2. The first-order chi connectivity index (χ1) is 19.0. The number of esters is 4. The summed E-state index contributed by atoms with van der Waals surface area (Å²) in [5.41, 5.74) is -2.53. The van der Waals surface area contributed by atoms with Crippen LogP contribution in [0.2, 0.25) is 0 Å². The third-order valence-corrected chi connectivity index (χ3v) is 10.3. The molecular formula is C29H36O11. The summed E-state index contributed by atoms with van der Waals surface area (Å²) in [6.07, 6.45) is 4.62. The predicted molar refractivity (Wildman–Crippen MR) is 134 cm³/mol. The molecule has 2 spiro atoms. The van der Waals surface area contributed by atoms with E-state index in [0.717, 1.165) is 0 Å². The van der Waals surface area contributed by atoms with Gasteiger partial charge in [0, 0.05) is 36.8 Å². The van der Waals surface area contributed by atoms with Crippen LogP contribution in [0.25, 0.3) is 0 Å². The van der Waals surface area contributed by atoms with Gasteiger partial charge in [0.2, 0.25) is 6.10 Å². The topological polar surface area (TPSA) is 139 Å². The maximum Gasteiger partial charge on any atom is 0.347 e. The van der Waals surface area contributed by atoms with Gasteiger partial charge in [-0.05, 0) is 26.2 Å². The fourth-order valence-electron chi connectivity index (χ4n) is 7.69. The highest BCUT2D eigenvalue weighted by molar-refractivity contribution is 5.84. The second kappa shape index (κ2) is 9.39. The molecule has 6 aliphatic rings. The lowest BCUT2D eigenvalue weighted by atomic mass is 9.50. The van der Waals surface area contributed by atoms with Gasteiger partial charge in [-0.2, -0.15) is 0 Å². The first-order valence-electron chi connectivity index (χ1n) is 14.0. The van der Waals surface area contributed by atoms with Gasteiger partial charge >= 0.3 is 23.9 Å². The first-order valence-corrected chi connectivity index (χ1v) is 14.0. The minimum absolute atomic E-state index is 0.000405. The molecule has 4 heterocycles. The van der Waals surface area contributed by atoms with Crippen LogP contribution in [0.5, 0.6) is 0 Å². The Kier molecular flexibility index (Phi) is 6.43. The van der Waals surface area contributed by atoms with E-state index in [-0.39, 0.29) is 37.4 Å². The number of ether oxygens (including phenoxy) is 7. The second-order valence-corrected chi connectivity index (χ2v) is 12.4. The van der Waals surface area contributed by atoms with Gasteiger partial charge in [-0.1, -0.05) is 26.0 Å². The molecule has 2 aliphatic carbocycles. The Morgan fingerprint density at radius 2 is 1.70 bits per heavy atom. The zero-order valence-electron chi connectivity index (χ0n) is 23.2. The van der Waals surface area contributed by atoms with Crippen molar-refractivity contribution in [3.05, 3.63) is 24.3 Å². The molecule has 6 rings (SSSR count). The van der Waals surface area contributed by atoms with Gasteiger partial charge in [0.05, 0.1) is 36.4 Å². The van der Waals surface area contributed by atoms with E-state index in [1.165, 1.54) is 31.2 Å². The maximum atomic E-state index is 13.5. The van der Waals surface area contributed by atoms with E-state index in [4.69, 9.17) is 33.2 Å². The van der Waals surface area contributed by atoms with Crippen LogP contribution in [0.1, 0.15) is 53.4 Å². The molecule has 0 amide bonds. The lowest BCUT2D eigenvalue weighted by Crippen LogP contribution is -2.69. The summed E-state index contributed by atoms with van der Waals surface area (Å²) < 4.78 is 41.7. The molecule has 0 radical (unpaired) electrons. The number of cyclic esters (lactones) is 2. The van der Waals surface area contributed by atoms with E-state index in [1.54, 1.807) is 6.92 Å². The fraction of sp³-hybridized carbons (Fsp3) is 0.724. The predicted octanol–water partition coefficient (Wildman–Crippen LogP) is 1.95. The average molecular weight is 561 g/mol. The van der Waals surface area contributed by atoms with Gasteiger partial charge in [-0.25, -0.2) is 14.4 Å². The van der Waals surface area contributed by atoms with Crippen LogP contribution in [0.3, 0.4) is 0 Å². The number of fused-ring (bicyclic) bond motifs is 2. The number of carbonyl (C=O) groups is 4. The lowest BCUT2D eigenvalue weighted by molar-refractivity contribution is -0.253. The van der Waals surface area contributed by atoms with Crippen LogP contribution >= 0.6 is 0 Å². The molecule has 0 aromatic rings. The van der Waals surface area contributed by atoms with Crippen LogP contribution in [0.4, 0.5) is 0 Å². The van der Waals surface area contributed by atoms with E-state index < -0.39 is 64.5 Å². The van der Waals surface area contributed by atoms with Gasteiger partial charge in [0.15, 0.2) is 0 Å². The summed E-state index contributed by atoms with van der Waals surface area (Å²) >= 11 is 0. The summed E-state index contributed by atoms with van der Waals surface area (Å²) in [4.78, 5) is 50.4. The van der Waals surface area contributed by atoms with Crippen molar-refractivity contribution in [3.8, 4) is 0 Å². The monoisotopic (exact) mass is 560 g/mol. The van der Waals surface area contributed by atoms with E-state index in [0.29, 0.717) is 25.9 Å². The van der Waals surface area contributed by atoms with Gasteiger partial charge in [0.25, 0.3) is 0 Å². The summed E-state index contributed by atoms with van der Waals surface area (Å²) in [7, 11) is 0. The van der Waals surface area contributed by atoms with Crippen LogP contribution in [0, 0.1) is 16.7 Å². The molecule has 4 aliphatic heterocycles. The fourth-order valence-corrected chi connectivity index (χ4v) is 7.69. The van der Waals surface area contributed by atoms with Crippen LogP contribution in [-0.4, -0.2) is 85.4 Å². The molecule has 11 heteroatoms. The first kappa shape index (κ1) is 27.4. The molecule has 10 atom stereocenters. The summed E-state index contributed by atoms with van der Waals surface area (Å²) in [5, 5.41) is 0. The van der Waals surface area contributed by atoms with Crippen molar-refractivity contribution in [1.29, 1.82) is 0 Å². The molecule has 11 nitrogen and oxygen atoms in total. The Morgan fingerprint density at radius 1 is 0.975 bits per heavy atom. The average Bonchev–Trinajstić information content (AvgIpc) is 3.81. The van der Waals surface area contributed by atoms with E-state index in [9.17, 15) is 19.2 Å². The molecule has 3 saturated heterocycles. The molecule has 5 fully saturated rings. The van der Waals surface area contributed by atoms with E-state index in [1.807, 2.05) is 0 Å². The zero-order valence-corrected chi connectivity index (χ0v) is 23.2. The number of carbonyl (C=O) groups excluding carboxylic acids is 4.